The summed E-state index contributed by atoms with van der Waals surface area (Å²) in [4.78, 5) is 25.4. The van der Waals surface area contributed by atoms with Crippen molar-refractivity contribution in [2.45, 2.75) is 6.92 Å². The number of carbonyl (C=O) groups excluding carboxylic acids is 2. The summed E-state index contributed by atoms with van der Waals surface area (Å²) in [5.74, 6) is -0.633. The molecule has 0 fully saturated rings. The van der Waals surface area contributed by atoms with E-state index in [2.05, 4.69) is 5.32 Å². The van der Waals surface area contributed by atoms with Gasteiger partial charge in [-0.25, -0.2) is 4.79 Å². The highest BCUT2D eigenvalue weighted by Gasteiger charge is 2.25. The molecule has 1 aliphatic heterocycles. The Morgan fingerprint density at radius 3 is 2.86 bits per heavy atom. The van der Waals surface area contributed by atoms with Gasteiger partial charge in [-0.1, -0.05) is 0 Å². The fourth-order valence-corrected chi connectivity index (χ4v) is 3.03. The number of thiophene rings is 1. The van der Waals surface area contributed by atoms with Crippen molar-refractivity contribution < 1.29 is 19.4 Å². The van der Waals surface area contributed by atoms with Gasteiger partial charge in [0.05, 0.1) is 5.57 Å². The molecule has 22 heavy (non-hydrogen) atoms. The van der Waals surface area contributed by atoms with E-state index in [0.29, 0.717) is 22.6 Å². The molecule has 1 aromatic heterocycles. The highest BCUT2D eigenvalue weighted by Crippen LogP contribution is 2.36. The van der Waals surface area contributed by atoms with Crippen molar-refractivity contribution in [3.8, 4) is 5.75 Å². The second-order valence-electron chi connectivity index (χ2n) is 4.80. The molecule has 0 saturated heterocycles. The molecule has 0 atom stereocenters. The summed E-state index contributed by atoms with van der Waals surface area (Å²) in [6, 6.07) is 8.81. The molecule has 2 N–H and O–H groups in total. The Bertz CT molecular complexity index is 791. The SMILES string of the molecule is Cc1ccc(C=C2C(=O)Nc3ccc(OC(=O)CO)cc32)s1. The number of hydrogen-bond acceptors (Lipinski definition) is 5. The molecule has 2 heterocycles. The molecule has 0 aliphatic carbocycles. The predicted octanol–water partition coefficient (Wildman–Crippen LogP) is 2.45. The second-order valence-corrected chi connectivity index (χ2v) is 6.12. The average Bonchev–Trinajstić information content (AvgIpc) is 3.04. The largest absolute Gasteiger partial charge is 0.425 e. The van der Waals surface area contributed by atoms with Gasteiger partial charge in [-0.15, -0.1) is 11.3 Å². The average molecular weight is 315 g/mol. The third kappa shape index (κ3) is 2.79. The smallest absolute Gasteiger partial charge is 0.337 e. The standard InChI is InChI=1S/C16H13NO4S/c1-9-2-4-11(22-9)7-13-12-6-10(21-15(19)8-18)3-5-14(12)17-16(13)20/h2-7,18H,8H2,1H3,(H,17,20). The van der Waals surface area contributed by atoms with Crippen molar-refractivity contribution in [3.63, 3.8) is 0 Å². The molecule has 0 unspecified atom stereocenters. The van der Waals surface area contributed by atoms with Crippen molar-refractivity contribution >= 4 is 40.5 Å². The van der Waals surface area contributed by atoms with E-state index in [9.17, 15) is 9.59 Å². The first-order valence-corrected chi connectivity index (χ1v) is 7.44. The van der Waals surface area contributed by atoms with E-state index < -0.39 is 12.6 Å². The molecule has 0 bridgehead atoms. The fourth-order valence-electron chi connectivity index (χ4n) is 2.21. The number of rotatable bonds is 3. The summed E-state index contributed by atoms with van der Waals surface area (Å²) >= 11 is 1.59. The van der Waals surface area contributed by atoms with Crippen LogP contribution in [0.1, 0.15) is 15.3 Å². The summed E-state index contributed by atoms with van der Waals surface area (Å²) in [5, 5.41) is 11.5. The van der Waals surface area contributed by atoms with Gasteiger partial charge in [0.2, 0.25) is 0 Å². The minimum absolute atomic E-state index is 0.188. The van der Waals surface area contributed by atoms with E-state index in [-0.39, 0.29) is 5.91 Å². The molecule has 1 aromatic carbocycles. The van der Waals surface area contributed by atoms with Gasteiger partial charge >= 0.3 is 5.97 Å². The molecule has 0 radical (unpaired) electrons. The van der Waals surface area contributed by atoms with Crippen molar-refractivity contribution in [2.24, 2.45) is 0 Å². The number of nitrogens with one attached hydrogen (secondary N) is 1. The lowest BCUT2D eigenvalue weighted by Crippen LogP contribution is -2.12. The number of aliphatic hydroxyl groups is 1. The van der Waals surface area contributed by atoms with Gasteiger partial charge in [0.1, 0.15) is 12.4 Å². The Morgan fingerprint density at radius 2 is 2.18 bits per heavy atom. The lowest BCUT2D eigenvalue weighted by molar-refractivity contribution is -0.137. The molecule has 0 spiro atoms. The molecular formula is C16H13NO4S. The minimum atomic E-state index is -0.739. The van der Waals surface area contributed by atoms with Crippen LogP contribution in [0.5, 0.6) is 5.75 Å². The monoisotopic (exact) mass is 315 g/mol. The summed E-state index contributed by atoms with van der Waals surface area (Å²) in [7, 11) is 0. The fraction of sp³-hybridized carbons (Fsp3) is 0.125. The number of hydrogen-bond donors (Lipinski definition) is 2. The normalized spacial score (nSPS) is 14.8. The number of anilines is 1. The molecule has 1 amide bonds. The Labute approximate surface area is 130 Å². The van der Waals surface area contributed by atoms with E-state index in [0.717, 1.165) is 9.75 Å². The summed E-state index contributed by atoms with van der Waals surface area (Å²) < 4.78 is 4.97. The van der Waals surface area contributed by atoms with E-state index in [1.54, 1.807) is 29.5 Å². The topological polar surface area (TPSA) is 75.6 Å². The second kappa shape index (κ2) is 5.75. The van der Waals surface area contributed by atoms with Crippen molar-refractivity contribution in [2.75, 3.05) is 11.9 Å². The van der Waals surface area contributed by atoms with Crippen molar-refractivity contribution in [1.82, 2.24) is 0 Å². The minimum Gasteiger partial charge on any atom is -0.425 e. The zero-order chi connectivity index (χ0) is 15.7. The molecule has 2 aromatic rings. The highest BCUT2D eigenvalue weighted by atomic mass is 32.1. The molecular weight excluding hydrogens is 302 g/mol. The highest BCUT2D eigenvalue weighted by molar-refractivity contribution is 7.12. The number of fused-ring (bicyclic) bond motifs is 1. The summed E-state index contributed by atoms with van der Waals surface area (Å²) in [5.41, 5.74) is 1.88. The maximum atomic E-state index is 12.1. The van der Waals surface area contributed by atoms with Crippen molar-refractivity contribution in [3.05, 3.63) is 45.6 Å². The molecule has 5 nitrogen and oxygen atoms in total. The zero-order valence-corrected chi connectivity index (χ0v) is 12.6. The van der Waals surface area contributed by atoms with Gasteiger partial charge < -0.3 is 15.2 Å². The number of aryl methyl sites for hydroxylation is 1. The van der Waals surface area contributed by atoms with E-state index >= 15 is 0 Å². The number of esters is 1. The molecule has 6 heteroatoms. The van der Waals surface area contributed by atoms with Crippen LogP contribution in [-0.2, 0) is 9.59 Å². The van der Waals surface area contributed by atoms with Gasteiger partial charge in [0.15, 0.2) is 0 Å². The van der Waals surface area contributed by atoms with Crippen LogP contribution >= 0.6 is 11.3 Å². The maximum absolute atomic E-state index is 12.1. The van der Waals surface area contributed by atoms with Gasteiger partial charge in [0.25, 0.3) is 5.91 Å². The van der Waals surface area contributed by atoms with Crippen LogP contribution in [0.2, 0.25) is 0 Å². The number of ether oxygens (including phenoxy) is 1. The van der Waals surface area contributed by atoms with Crippen LogP contribution in [0.3, 0.4) is 0 Å². The summed E-state index contributed by atoms with van der Waals surface area (Å²) in [6.45, 7) is 1.31. The van der Waals surface area contributed by atoms with E-state index in [1.165, 1.54) is 0 Å². The third-order valence-corrected chi connectivity index (χ3v) is 4.13. The van der Waals surface area contributed by atoms with Crippen LogP contribution in [0.25, 0.3) is 11.6 Å². The van der Waals surface area contributed by atoms with E-state index in [1.807, 2.05) is 25.1 Å². The number of carbonyl (C=O) groups is 2. The lowest BCUT2D eigenvalue weighted by Gasteiger charge is -2.04. The zero-order valence-electron chi connectivity index (χ0n) is 11.8. The first-order valence-electron chi connectivity index (χ1n) is 6.62. The van der Waals surface area contributed by atoms with E-state index in [4.69, 9.17) is 9.84 Å². The Hall–Kier alpha value is -2.44. The van der Waals surface area contributed by atoms with Crippen molar-refractivity contribution in [1.29, 1.82) is 0 Å². The lowest BCUT2D eigenvalue weighted by atomic mass is 10.1. The number of aliphatic hydroxyl groups excluding tert-OH is 1. The van der Waals surface area contributed by atoms with Crippen LogP contribution in [0.15, 0.2) is 30.3 Å². The van der Waals surface area contributed by atoms with Crippen LogP contribution in [0.4, 0.5) is 5.69 Å². The number of amides is 1. The Kier molecular flexibility index (Phi) is 3.79. The Morgan fingerprint density at radius 1 is 1.36 bits per heavy atom. The molecule has 112 valence electrons. The first-order chi connectivity index (χ1) is 10.6. The van der Waals surface area contributed by atoms with Gasteiger partial charge in [-0.05, 0) is 43.3 Å². The predicted molar refractivity (Wildman–Crippen MR) is 84.7 cm³/mol. The number of benzene rings is 1. The van der Waals surface area contributed by atoms with Crippen LogP contribution in [-0.4, -0.2) is 23.6 Å². The van der Waals surface area contributed by atoms with Crippen LogP contribution < -0.4 is 10.1 Å². The molecule has 0 saturated carbocycles. The van der Waals surface area contributed by atoms with Gasteiger partial charge in [0, 0.05) is 21.0 Å². The third-order valence-electron chi connectivity index (χ3n) is 3.18. The van der Waals surface area contributed by atoms with Gasteiger partial charge in [-0.3, -0.25) is 4.79 Å². The van der Waals surface area contributed by atoms with Crippen LogP contribution in [0, 0.1) is 6.92 Å². The maximum Gasteiger partial charge on any atom is 0.337 e. The first kappa shape index (κ1) is 14.5. The quantitative estimate of drug-likeness (QED) is 0.518. The van der Waals surface area contributed by atoms with Gasteiger partial charge in [-0.2, -0.15) is 0 Å². The summed E-state index contributed by atoms with van der Waals surface area (Å²) in [6.07, 6.45) is 1.82. The molecule has 3 rings (SSSR count). The molecule has 1 aliphatic rings. The Balaban J connectivity index is 1.98.